The Kier molecular flexibility index (Phi) is 4.25. The monoisotopic (exact) mass is 300 g/mol. The third-order valence-electron chi connectivity index (χ3n) is 4.05. The maximum Gasteiger partial charge on any atom is 0.433 e. The number of pyridine rings is 1. The Morgan fingerprint density at radius 1 is 1.43 bits per heavy atom. The van der Waals surface area contributed by atoms with Crippen LogP contribution >= 0.6 is 0 Å². The zero-order valence-corrected chi connectivity index (χ0v) is 12.4. The second kappa shape index (κ2) is 5.66. The van der Waals surface area contributed by atoms with Crippen LogP contribution in [-0.2, 0) is 6.18 Å². The minimum absolute atomic E-state index is 0.146. The highest BCUT2D eigenvalue weighted by molar-refractivity contribution is 5.96. The van der Waals surface area contributed by atoms with Gasteiger partial charge in [-0.15, -0.1) is 0 Å². The van der Waals surface area contributed by atoms with E-state index in [1.54, 1.807) is 4.90 Å². The summed E-state index contributed by atoms with van der Waals surface area (Å²) in [6.07, 6.45) is -2.53. The summed E-state index contributed by atoms with van der Waals surface area (Å²) in [6, 6.07) is 0.952. The second-order valence-electron chi connectivity index (χ2n) is 5.60. The lowest BCUT2D eigenvalue weighted by molar-refractivity contribution is -0.141. The van der Waals surface area contributed by atoms with Crippen LogP contribution in [0.3, 0.4) is 0 Å². The first kappa shape index (κ1) is 15.8. The topological polar surface area (TPSA) is 33.2 Å². The number of amides is 1. The number of alkyl halides is 3. The molecule has 2 heterocycles. The van der Waals surface area contributed by atoms with Crippen LogP contribution in [0, 0.1) is 19.8 Å². The number of hydrogen-bond acceptors (Lipinski definition) is 2. The second-order valence-corrected chi connectivity index (χ2v) is 5.60. The molecule has 1 saturated heterocycles. The lowest BCUT2D eigenvalue weighted by atomic mass is 10.0. The summed E-state index contributed by atoms with van der Waals surface area (Å²) in [5.74, 6) is 0.277. The maximum absolute atomic E-state index is 12.7. The van der Waals surface area contributed by atoms with Crippen molar-refractivity contribution in [1.29, 1.82) is 0 Å². The highest BCUT2D eigenvalue weighted by atomic mass is 19.4. The summed E-state index contributed by atoms with van der Waals surface area (Å²) in [7, 11) is 0. The Hall–Kier alpha value is -1.59. The van der Waals surface area contributed by atoms with Gasteiger partial charge < -0.3 is 4.90 Å². The van der Waals surface area contributed by atoms with Crippen molar-refractivity contribution in [3.8, 4) is 0 Å². The first-order chi connectivity index (χ1) is 9.74. The van der Waals surface area contributed by atoms with Crippen molar-refractivity contribution >= 4 is 5.91 Å². The van der Waals surface area contributed by atoms with Gasteiger partial charge in [0, 0.05) is 13.1 Å². The number of hydrogen-bond donors (Lipinski definition) is 0. The molecule has 1 amide bonds. The fourth-order valence-corrected chi connectivity index (χ4v) is 2.81. The fourth-order valence-electron chi connectivity index (χ4n) is 2.81. The molecular formula is C15H19F3N2O. The molecule has 2 rings (SSSR count). The smallest absolute Gasteiger partial charge is 0.338 e. The molecule has 1 fully saturated rings. The minimum Gasteiger partial charge on any atom is -0.338 e. The molecule has 1 atom stereocenters. The molecule has 1 aromatic heterocycles. The lowest BCUT2D eigenvalue weighted by Crippen LogP contribution is -2.30. The Labute approximate surface area is 122 Å². The summed E-state index contributed by atoms with van der Waals surface area (Å²) < 4.78 is 38.2. The molecule has 0 unspecified atom stereocenters. The van der Waals surface area contributed by atoms with E-state index >= 15 is 0 Å². The van der Waals surface area contributed by atoms with Gasteiger partial charge >= 0.3 is 6.18 Å². The summed E-state index contributed by atoms with van der Waals surface area (Å²) in [6.45, 7) is 6.41. The number of carbonyl (C=O) groups excluding carboxylic acids is 1. The minimum atomic E-state index is -4.49. The molecule has 116 valence electrons. The van der Waals surface area contributed by atoms with E-state index in [1.165, 1.54) is 13.8 Å². The predicted molar refractivity (Wildman–Crippen MR) is 73.0 cm³/mol. The predicted octanol–water partition coefficient (Wildman–Crippen LogP) is 3.59. The Bertz CT molecular complexity index is 531. The Morgan fingerprint density at radius 2 is 2.10 bits per heavy atom. The summed E-state index contributed by atoms with van der Waals surface area (Å²) in [5.41, 5.74) is -0.159. The molecule has 0 aromatic carbocycles. The fraction of sp³-hybridized carbons (Fsp3) is 0.600. The molecule has 1 aromatic rings. The highest BCUT2D eigenvalue weighted by Gasteiger charge is 2.35. The van der Waals surface area contributed by atoms with Gasteiger partial charge in [0.25, 0.3) is 5.91 Å². The van der Waals surface area contributed by atoms with Gasteiger partial charge in [-0.3, -0.25) is 4.79 Å². The van der Waals surface area contributed by atoms with E-state index < -0.39 is 11.9 Å². The van der Waals surface area contributed by atoms with Gasteiger partial charge in [-0.05, 0) is 37.8 Å². The zero-order valence-electron chi connectivity index (χ0n) is 12.4. The highest BCUT2D eigenvalue weighted by Crippen LogP contribution is 2.30. The van der Waals surface area contributed by atoms with E-state index in [0.29, 0.717) is 30.1 Å². The van der Waals surface area contributed by atoms with Crippen LogP contribution in [0.25, 0.3) is 0 Å². The third-order valence-corrected chi connectivity index (χ3v) is 4.05. The number of aryl methyl sites for hydroxylation is 2. The quantitative estimate of drug-likeness (QED) is 0.836. The van der Waals surface area contributed by atoms with Crippen molar-refractivity contribution in [2.75, 3.05) is 13.1 Å². The van der Waals surface area contributed by atoms with Crippen molar-refractivity contribution in [2.24, 2.45) is 5.92 Å². The molecule has 6 heteroatoms. The van der Waals surface area contributed by atoms with Crippen molar-refractivity contribution in [1.82, 2.24) is 9.88 Å². The van der Waals surface area contributed by atoms with Crippen molar-refractivity contribution in [3.63, 3.8) is 0 Å². The third kappa shape index (κ3) is 3.19. The van der Waals surface area contributed by atoms with E-state index in [-0.39, 0.29) is 11.6 Å². The van der Waals surface area contributed by atoms with Gasteiger partial charge in [0.2, 0.25) is 0 Å². The van der Waals surface area contributed by atoms with Gasteiger partial charge in [0.15, 0.2) is 0 Å². The summed E-state index contributed by atoms with van der Waals surface area (Å²) >= 11 is 0. The summed E-state index contributed by atoms with van der Waals surface area (Å²) in [4.78, 5) is 17.8. The molecule has 1 aliphatic heterocycles. The van der Waals surface area contributed by atoms with Crippen LogP contribution < -0.4 is 0 Å². The average Bonchev–Trinajstić information content (AvgIpc) is 2.85. The Morgan fingerprint density at radius 3 is 2.57 bits per heavy atom. The maximum atomic E-state index is 12.7. The number of carbonyl (C=O) groups is 1. The van der Waals surface area contributed by atoms with E-state index in [0.717, 1.165) is 18.9 Å². The molecule has 0 bridgehead atoms. The van der Waals surface area contributed by atoms with Crippen LogP contribution in [0.5, 0.6) is 0 Å². The average molecular weight is 300 g/mol. The van der Waals surface area contributed by atoms with Gasteiger partial charge in [-0.2, -0.15) is 13.2 Å². The molecular weight excluding hydrogens is 281 g/mol. The molecule has 0 N–H and O–H groups in total. The van der Waals surface area contributed by atoms with Crippen LogP contribution in [-0.4, -0.2) is 28.9 Å². The largest absolute Gasteiger partial charge is 0.433 e. The van der Waals surface area contributed by atoms with Crippen LogP contribution in [0.2, 0.25) is 0 Å². The van der Waals surface area contributed by atoms with Crippen LogP contribution in [0.15, 0.2) is 6.07 Å². The SMILES string of the molecule is CC[C@H]1CCN(C(=O)c2c(C)cc(C(F)(F)F)nc2C)C1. The number of likely N-dealkylation sites (tertiary alicyclic amines) is 1. The van der Waals surface area contributed by atoms with Crippen LogP contribution in [0.1, 0.15) is 47.1 Å². The van der Waals surface area contributed by atoms with Gasteiger partial charge in [-0.25, -0.2) is 4.98 Å². The standard InChI is InChI=1S/C15H19F3N2O/c1-4-11-5-6-20(8-11)14(21)13-9(2)7-12(15(16,17)18)19-10(13)3/h7,11H,4-6,8H2,1-3H3/t11-/m0/s1. The molecule has 1 aliphatic rings. The number of nitrogens with zero attached hydrogens (tertiary/aromatic N) is 2. The van der Waals surface area contributed by atoms with Crippen molar-refractivity contribution < 1.29 is 18.0 Å². The van der Waals surface area contributed by atoms with Crippen LogP contribution in [0.4, 0.5) is 13.2 Å². The molecule has 3 nitrogen and oxygen atoms in total. The van der Waals surface area contributed by atoms with Gasteiger partial charge in [0.05, 0.1) is 11.3 Å². The molecule has 0 radical (unpaired) electrons. The van der Waals surface area contributed by atoms with E-state index in [9.17, 15) is 18.0 Å². The number of aromatic nitrogens is 1. The number of rotatable bonds is 2. The first-order valence-corrected chi connectivity index (χ1v) is 7.08. The van der Waals surface area contributed by atoms with Crippen molar-refractivity contribution in [2.45, 2.75) is 39.8 Å². The van der Waals surface area contributed by atoms with E-state index in [1.807, 2.05) is 0 Å². The summed E-state index contributed by atoms with van der Waals surface area (Å²) in [5, 5.41) is 0. The van der Waals surface area contributed by atoms with E-state index in [4.69, 9.17) is 0 Å². The van der Waals surface area contributed by atoms with Crippen molar-refractivity contribution in [3.05, 3.63) is 28.6 Å². The molecule has 21 heavy (non-hydrogen) atoms. The number of halogens is 3. The molecule has 0 saturated carbocycles. The molecule has 0 spiro atoms. The first-order valence-electron chi connectivity index (χ1n) is 7.08. The van der Waals surface area contributed by atoms with Gasteiger partial charge in [-0.1, -0.05) is 13.3 Å². The Balaban J connectivity index is 2.30. The lowest BCUT2D eigenvalue weighted by Gasteiger charge is -2.19. The van der Waals surface area contributed by atoms with E-state index in [2.05, 4.69) is 11.9 Å². The van der Waals surface area contributed by atoms with Gasteiger partial charge in [0.1, 0.15) is 5.69 Å². The zero-order chi connectivity index (χ0) is 15.8. The normalized spacial score (nSPS) is 19.1. The molecule has 0 aliphatic carbocycles.